The van der Waals surface area contributed by atoms with E-state index in [4.69, 9.17) is 0 Å². The van der Waals surface area contributed by atoms with E-state index in [9.17, 15) is 0 Å². The predicted octanol–water partition coefficient (Wildman–Crippen LogP) is 7.91. The summed E-state index contributed by atoms with van der Waals surface area (Å²) in [6, 6.07) is 26.5. The van der Waals surface area contributed by atoms with Gasteiger partial charge in [-0.3, -0.25) is 10.6 Å². The van der Waals surface area contributed by atoms with Crippen LogP contribution in [0.4, 0.5) is 11.4 Å². The molecule has 41 heavy (non-hydrogen) atoms. The third-order valence-corrected chi connectivity index (χ3v) is 8.18. The molecule has 2 aliphatic rings. The molecule has 0 radical (unpaired) electrons. The largest absolute Gasteiger partial charge is 0.346 e. The van der Waals surface area contributed by atoms with E-state index in [1.807, 2.05) is 12.7 Å². The van der Waals surface area contributed by atoms with Crippen LogP contribution in [0, 0.1) is 5.41 Å². The maximum Gasteiger partial charge on any atom is 0.109 e. The minimum atomic E-state index is 0.159. The molecular weight excluding hydrogens is 504 g/mol. The van der Waals surface area contributed by atoms with Gasteiger partial charge in [-0.25, -0.2) is 9.98 Å². The van der Waals surface area contributed by atoms with E-state index in [0.29, 0.717) is 12.1 Å². The number of fused-ring (bicyclic) bond motifs is 5. The fourth-order valence-electron chi connectivity index (χ4n) is 5.30. The molecular formula is C35H44N6. The van der Waals surface area contributed by atoms with Gasteiger partial charge in [-0.05, 0) is 54.5 Å². The Morgan fingerprint density at radius 1 is 0.683 bits per heavy atom. The molecule has 0 saturated carbocycles. The summed E-state index contributed by atoms with van der Waals surface area (Å²) in [4.78, 5) is 13.5. The predicted molar refractivity (Wildman–Crippen MR) is 176 cm³/mol. The Morgan fingerprint density at radius 3 is 1.93 bits per heavy atom. The Bertz CT molecular complexity index is 1580. The fraction of sp³-hybridized carbons (Fsp3) is 0.371. The van der Waals surface area contributed by atoms with Crippen molar-refractivity contribution in [3.8, 4) is 0 Å². The molecule has 2 heterocycles. The van der Waals surface area contributed by atoms with Crippen LogP contribution in [0.25, 0.3) is 21.5 Å². The maximum atomic E-state index is 4.62. The molecule has 6 nitrogen and oxygen atoms in total. The average molecular weight is 549 g/mol. The standard InChI is InChI=1S/C19H25N3.C16H19N3/c1-13(19(2,3)4)21-18-16-10-14-8-6-7-9-15(14)11-17(16)20-12-22(18)5;1-11(2)18-16-14-9-8-12-6-4-5-7-13(12)15(14)17-10-19(16)3/h6-13,18,21H,1-5H3;4-11,16,18H,1-3H3/t13-,18?;/m1./s1. The molecule has 2 N–H and O–H groups in total. The summed E-state index contributed by atoms with van der Waals surface area (Å²) in [6.07, 6.45) is 4.18. The van der Waals surface area contributed by atoms with Gasteiger partial charge in [0.2, 0.25) is 0 Å². The lowest BCUT2D eigenvalue weighted by atomic mass is 9.87. The van der Waals surface area contributed by atoms with E-state index in [1.54, 1.807) is 0 Å². The number of benzene rings is 4. The molecule has 6 rings (SSSR count). The minimum Gasteiger partial charge on any atom is -0.346 e. The molecule has 3 atom stereocenters. The summed E-state index contributed by atoms with van der Waals surface area (Å²) in [7, 11) is 4.14. The Labute approximate surface area is 245 Å². The molecule has 0 saturated heterocycles. The van der Waals surface area contributed by atoms with Crippen molar-refractivity contribution < 1.29 is 0 Å². The second-order valence-electron chi connectivity index (χ2n) is 12.7. The van der Waals surface area contributed by atoms with Crippen molar-refractivity contribution in [1.82, 2.24) is 20.4 Å². The summed E-state index contributed by atoms with van der Waals surface area (Å²) in [5, 5.41) is 12.3. The van der Waals surface area contributed by atoms with Gasteiger partial charge in [-0.1, -0.05) is 81.4 Å². The molecule has 2 aliphatic heterocycles. The molecule has 4 aromatic rings. The van der Waals surface area contributed by atoms with E-state index in [-0.39, 0.29) is 17.7 Å². The lowest BCUT2D eigenvalue weighted by Gasteiger charge is -2.38. The van der Waals surface area contributed by atoms with Crippen molar-refractivity contribution in [2.75, 3.05) is 14.1 Å². The van der Waals surface area contributed by atoms with E-state index < -0.39 is 0 Å². The van der Waals surface area contributed by atoms with Gasteiger partial charge < -0.3 is 9.80 Å². The summed E-state index contributed by atoms with van der Waals surface area (Å²) >= 11 is 0. The van der Waals surface area contributed by atoms with Crippen LogP contribution in [-0.4, -0.2) is 48.7 Å². The topological polar surface area (TPSA) is 55.3 Å². The van der Waals surface area contributed by atoms with Crippen molar-refractivity contribution in [2.24, 2.45) is 15.4 Å². The van der Waals surface area contributed by atoms with Crippen LogP contribution in [0.5, 0.6) is 0 Å². The summed E-state index contributed by atoms with van der Waals surface area (Å²) in [6.45, 7) is 13.4. The van der Waals surface area contributed by atoms with E-state index in [2.05, 4.69) is 159 Å². The van der Waals surface area contributed by atoms with Crippen molar-refractivity contribution in [1.29, 1.82) is 0 Å². The second-order valence-corrected chi connectivity index (χ2v) is 12.7. The molecule has 0 aromatic heterocycles. The summed E-state index contributed by atoms with van der Waals surface area (Å²) in [5.74, 6) is 0. The third-order valence-electron chi connectivity index (χ3n) is 8.18. The number of hydrogen-bond donors (Lipinski definition) is 2. The first-order valence-electron chi connectivity index (χ1n) is 14.6. The highest BCUT2D eigenvalue weighted by molar-refractivity contribution is 5.96. The highest BCUT2D eigenvalue weighted by atomic mass is 15.3. The highest BCUT2D eigenvalue weighted by Gasteiger charge is 2.28. The van der Waals surface area contributed by atoms with Crippen LogP contribution in [0.15, 0.2) is 82.8 Å². The van der Waals surface area contributed by atoms with Gasteiger partial charge in [0.25, 0.3) is 0 Å². The van der Waals surface area contributed by atoms with Gasteiger partial charge >= 0.3 is 0 Å². The zero-order valence-electron chi connectivity index (χ0n) is 25.7. The van der Waals surface area contributed by atoms with Crippen LogP contribution in [-0.2, 0) is 0 Å². The van der Waals surface area contributed by atoms with Gasteiger partial charge in [0, 0.05) is 42.7 Å². The molecule has 0 spiro atoms. The van der Waals surface area contributed by atoms with Crippen LogP contribution < -0.4 is 10.6 Å². The first kappa shape index (κ1) is 28.8. The minimum absolute atomic E-state index is 0.159. The first-order chi connectivity index (χ1) is 19.5. The van der Waals surface area contributed by atoms with Gasteiger partial charge in [0.05, 0.1) is 24.1 Å². The molecule has 6 heteroatoms. The molecule has 0 aliphatic carbocycles. The van der Waals surface area contributed by atoms with Crippen molar-refractivity contribution >= 4 is 45.6 Å². The van der Waals surface area contributed by atoms with Crippen molar-refractivity contribution in [3.63, 3.8) is 0 Å². The molecule has 4 aromatic carbocycles. The number of nitrogens with zero attached hydrogens (tertiary/aromatic N) is 4. The lowest BCUT2D eigenvalue weighted by molar-refractivity contribution is 0.208. The molecule has 0 amide bonds. The SMILES string of the molecule is CC(C)NC1c2ccc3ccccc3c2N=CN1C.C[C@@H](NC1c2cc3ccccc3cc2N=CN1C)C(C)(C)C. The zero-order valence-corrected chi connectivity index (χ0v) is 25.7. The Balaban J connectivity index is 0.000000166. The van der Waals surface area contributed by atoms with E-state index in [1.165, 1.54) is 32.7 Å². The zero-order chi connectivity index (χ0) is 29.3. The van der Waals surface area contributed by atoms with Gasteiger partial charge in [-0.2, -0.15) is 0 Å². The van der Waals surface area contributed by atoms with Crippen molar-refractivity contribution in [2.45, 2.75) is 66.0 Å². The van der Waals surface area contributed by atoms with Gasteiger partial charge in [0.1, 0.15) is 12.3 Å². The van der Waals surface area contributed by atoms with E-state index >= 15 is 0 Å². The Kier molecular flexibility index (Phi) is 8.16. The molecule has 214 valence electrons. The molecule has 2 unspecified atom stereocenters. The van der Waals surface area contributed by atoms with Gasteiger partial charge in [0.15, 0.2) is 0 Å². The quantitative estimate of drug-likeness (QED) is 0.272. The van der Waals surface area contributed by atoms with E-state index in [0.717, 1.165) is 11.4 Å². The number of hydrogen-bond acceptors (Lipinski definition) is 6. The van der Waals surface area contributed by atoms with Crippen LogP contribution >= 0.6 is 0 Å². The number of nitrogens with one attached hydrogen (secondary N) is 2. The van der Waals surface area contributed by atoms with Gasteiger partial charge in [-0.15, -0.1) is 0 Å². The average Bonchev–Trinajstić information content (AvgIpc) is 2.94. The Hall–Kier alpha value is -3.74. The molecule has 0 fully saturated rings. The first-order valence-corrected chi connectivity index (χ1v) is 14.6. The normalized spacial score (nSPS) is 18.8. The maximum absolute atomic E-state index is 4.62. The fourth-order valence-corrected chi connectivity index (χ4v) is 5.30. The number of rotatable bonds is 4. The third kappa shape index (κ3) is 6.14. The van der Waals surface area contributed by atoms with Crippen LogP contribution in [0.3, 0.4) is 0 Å². The summed E-state index contributed by atoms with van der Waals surface area (Å²) < 4.78 is 0. The monoisotopic (exact) mass is 548 g/mol. The number of aliphatic imine (C=N–C) groups is 2. The Morgan fingerprint density at radius 2 is 1.27 bits per heavy atom. The van der Waals surface area contributed by atoms with Crippen molar-refractivity contribution in [3.05, 3.63) is 83.9 Å². The summed E-state index contributed by atoms with van der Waals surface area (Å²) in [5.41, 5.74) is 4.87. The smallest absolute Gasteiger partial charge is 0.109 e. The highest BCUT2D eigenvalue weighted by Crippen LogP contribution is 2.38. The second kappa shape index (κ2) is 11.6. The van der Waals surface area contributed by atoms with Crippen LogP contribution in [0.1, 0.15) is 65.0 Å². The lowest BCUT2D eigenvalue weighted by Crippen LogP contribution is -2.46. The van der Waals surface area contributed by atoms with Crippen LogP contribution in [0.2, 0.25) is 0 Å². The molecule has 0 bridgehead atoms.